The molecular weight excluding hydrogens is 284 g/mol. The zero-order valence-electron chi connectivity index (χ0n) is 9.58. The second kappa shape index (κ2) is 5.03. The lowest BCUT2D eigenvalue weighted by molar-refractivity contribution is -0.144. The number of carboxylic acids is 1. The number of thioether (sulfide) groups is 1. The maximum atomic E-state index is 13.1. The van der Waals surface area contributed by atoms with Crippen molar-refractivity contribution in [2.75, 3.05) is 0 Å². The van der Waals surface area contributed by atoms with Crippen molar-refractivity contribution in [1.29, 1.82) is 0 Å². The van der Waals surface area contributed by atoms with Gasteiger partial charge in [0.05, 0.1) is 11.5 Å². The van der Waals surface area contributed by atoms with Gasteiger partial charge in [-0.3, -0.25) is 4.79 Å². The molecule has 0 radical (unpaired) electrons. The number of hydrogen-bond donors (Lipinski definition) is 1. The van der Waals surface area contributed by atoms with Crippen LogP contribution in [0.25, 0.3) is 0 Å². The first-order valence-electron chi connectivity index (χ1n) is 5.53. The van der Waals surface area contributed by atoms with Crippen LogP contribution in [0.5, 0.6) is 0 Å². The molecule has 2 nitrogen and oxygen atoms in total. The summed E-state index contributed by atoms with van der Waals surface area (Å²) in [5.41, 5.74) is -1.02. The van der Waals surface area contributed by atoms with Crippen molar-refractivity contribution in [1.82, 2.24) is 0 Å². The van der Waals surface area contributed by atoms with Gasteiger partial charge in [0.15, 0.2) is 0 Å². The van der Waals surface area contributed by atoms with Gasteiger partial charge in [-0.15, -0.1) is 11.8 Å². The molecule has 0 amide bonds. The van der Waals surface area contributed by atoms with Crippen LogP contribution in [0, 0.1) is 11.7 Å². The van der Waals surface area contributed by atoms with Crippen LogP contribution in [0.3, 0.4) is 0 Å². The minimum Gasteiger partial charge on any atom is -0.481 e. The molecule has 0 spiro atoms. The number of hydrogen-bond acceptors (Lipinski definition) is 2. The molecule has 1 fully saturated rings. The van der Waals surface area contributed by atoms with Gasteiger partial charge in [-0.05, 0) is 31.0 Å². The van der Waals surface area contributed by atoms with Crippen molar-refractivity contribution in [3.8, 4) is 0 Å². The molecule has 0 heterocycles. The van der Waals surface area contributed by atoms with E-state index in [1.165, 1.54) is 0 Å². The van der Waals surface area contributed by atoms with Gasteiger partial charge in [-0.2, -0.15) is 13.2 Å². The van der Waals surface area contributed by atoms with Crippen LogP contribution in [0.15, 0.2) is 23.1 Å². The molecule has 104 valence electrons. The molecule has 2 rings (SSSR count). The molecule has 1 aliphatic carbocycles. The molecule has 0 bridgehead atoms. The lowest BCUT2D eigenvalue weighted by Gasteiger charge is -2.31. The van der Waals surface area contributed by atoms with E-state index in [1.54, 1.807) is 0 Å². The first kappa shape index (κ1) is 14.2. The summed E-state index contributed by atoms with van der Waals surface area (Å²) in [6, 6.07) is 2.38. The summed E-state index contributed by atoms with van der Waals surface area (Å²) in [4.78, 5) is 10.8. The average Bonchev–Trinajstić information content (AvgIpc) is 2.20. The van der Waals surface area contributed by atoms with E-state index in [2.05, 4.69) is 0 Å². The Hall–Kier alpha value is -1.24. The van der Waals surface area contributed by atoms with Gasteiger partial charge in [-0.1, -0.05) is 0 Å². The molecule has 0 aliphatic heterocycles. The minimum absolute atomic E-state index is 0.0658. The van der Waals surface area contributed by atoms with E-state index >= 15 is 0 Å². The van der Waals surface area contributed by atoms with E-state index in [4.69, 9.17) is 5.11 Å². The molecule has 0 unspecified atom stereocenters. The minimum atomic E-state index is -4.58. The summed E-state index contributed by atoms with van der Waals surface area (Å²) in [5, 5.41) is 8.63. The normalized spacial score (nSPS) is 22.9. The SMILES string of the molecule is O=C(O)C1CC(Sc2cc(F)cc(C(F)(F)F)c2)C1. The van der Waals surface area contributed by atoms with E-state index in [0.717, 1.165) is 23.9 Å². The second-order valence-corrected chi connectivity index (χ2v) is 5.79. The van der Waals surface area contributed by atoms with Crippen molar-refractivity contribution in [3.05, 3.63) is 29.6 Å². The van der Waals surface area contributed by atoms with Crippen molar-refractivity contribution >= 4 is 17.7 Å². The molecule has 1 aliphatic rings. The Balaban J connectivity index is 2.06. The van der Waals surface area contributed by atoms with Crippen LogP contribution >= 0.6 is 11.8 Å². The van der Waals surface area contributed by atoms with Crippen molar-refractivity contribution in [2.24, 2.45) is 5.92 Å². The van der Waals surface area contributed by atoms with Crippen molar-refractivity contribution in [2.45, 2.75) is 29.2 Å². The van der Waals surface area contributed by atoms with Crippen molar-refractivity contribution < 1.29 is 27.5 Å². The Bertz CT molecular complexity index is 495. The Morgan fingerprint density at radius 2 is 1.89 bits per heavy atom. The molecule has 1 aromatic carbocycles. The number of carbonyl (C=O) groups is 1. The number of rotatable bonds is 3. The predicted molar refractivity (Wildman–Crippen MR) is 61.4 cm³/mol. The highest BCUT2D eigenvalue weighted by atomic mass is 32.2. The summed E-state index contributed by atoms with van der Waals surface area (Å²) in [6.45, 7) is 0. The first-order valence-corrected chi connectivity index (χ1v) is 6.41. The van der Waals surface area contributed by atoms with Crippen molar-refractivity contribution in [3.63, 3.8) is 0 Å². The van der Waals surface area contributed by atoms with Gasteiger partial charge in [0.25, 0.3) is 0 Å². The first-order chi connectivity index (χ1) is 8.75. The highest BCUT2D eigenvalue weighted by Crippen LogP contribution is 2.42. The highest BCUT2D eigenvalue weighted by molar-refractivity contribution is 8.00. The van der Waals surface area contributed by atoms with Crippen LogP contribution in [-0.4, -0.2) is 16.3 Å². The molecule has 0 aromatic heterocycles. The lowest BCUT2D eigenvalue weighted by atomic mass is 9.85. The molecule has 7 heteroatoms. The van der Waals surface area contributed by atoms with Gasteiger partial charge in [0, 0.05) is 10.1 Å². The zero-order valence-corrected chi connectivity index (χ0v) is 10.4. The van der Waals surface area contributed by atoms with Crippen LogP contribution in [0.4, 0.5) is 17.6 Å². The summed E-state index contributed by atoms with van der Waals surface area (Å²) in [5.74, 6) is -2.27. The molecule has 0 saturated heterocycles. The third kappa shape index (κ3) is 3.40. The Morgan fingerprint density at radius 1 is 1.26 bits per heavy atom. The van der Waals surface area contributed by atoms with E-state index in [1.807, 2.05) is 0 Å². The van der Waals surface area contributed by atoms with Crippen LogP contribution in [-0.2, 0) is 11.0 Å². The van der Waals surface area contributed by atoms with Crippen LogP contribution in [0.1, 0.15) is 18.4 Å². The number of halogens is 4. The maximum absolute atomic E-state index is 13.1. The molecule has 1 saturated carbocycles. The molecule has 19 heavy (non-hydrogen) atoms. The topological polar surface area (TPSA) is 37.3 Å². The number of aliphatic carboxylic acids is 1. The number of carboxylic acid groups (broad SMARTS) is 1. The maximum Gasteiger partial charge on any atom is 0.416 e. The fourth-order valence-electron chi connectivity index (χ4n) is 1.85. The van der Waals surface area contributed by atoms with Gasteiger partial charge < -0.3 is 5.11 Å². The lowest BCUT2D eigenvalue weighted by Crippen LogP contribution is -2.32. The molecular formula is C12H10F4O2S. The van der Waals surface area contributed by atoms with E-state index in [0.29, 0.717) is 18.9 Å². The van der Waals surface area contributed by atoms with E-state index in [9.17, 15) is 22.4 Å². The standard InChI is InChI=1S/C12H10F4O2S/c13-8-3-7(12(14,15)16)4-10(5-8)19-9-1-6(2-9)11(17)18/h3-6,9H,1-2H2,(H,17,18). The smallest absolute Gasteiger partial charge is 0.416 e. The van der Waals surface area contributed by atoms with E-state index < -0.39 is 29.4 Å². The Morgan fingerprint density at radius 3 is 2.42 bits per heavy atom. The summed E-state index contributed by atoms with van der Waals surface area (Å²) in [6.07, 6.45) is -3.78. The van der Waals surface area contributed by atoms with Gasteiger partial charge in [0.2, 0.25) is 0 Å². The number of benzene rings is 1. The van der Waals surface area contributed by atoms with Gasteiger partial charge in [-0.25, -0.2) is 4.39 Å². The number of alkyl halides is 3. The molecule has 1 aromatic rings. The van der Waals surface area contributed by atoms with E-state index in [-0.39, 0.29) is 10.1 Å². The summed E-state index contributed by atoms with van der Waals surface area (Å²) in [7, 11) is 0. The summed E-state index contributed by atoms with van der Waals surface area (Å²) < 4.78 is 50.6. The zero-order chi connectivity index (χ0) is 14.2. The average molecular weight is 294 g/mol. The third-order valence-corrected chi connectivity index (χ3v) is 4.17. The largest absolute Gasteiger partial charge is 0.481 e. The second-order valence-electron chi connectivity index (χ2n) is 4.42. The highest BCUT2D eigenvalue weighted by Gasteiger charge is 2.36. The summed E-state index contributed by atoms with van der Waals surface area (Å²) >= 11 is 1.09. The van der Waals surface area contributed by atoms with Crippen LogP contribution in [0.2, 0.25) is 0 Å². The Labute approximate surface area is 110 Å². The molecule has 1 N–H and O–H groups in total. The third-order valence-electron chi connectivity index (χ3n) is 2.95. The van der Waals surface area contributed by atoms with Gasteiger partial charge >= 0.3 is 12.1 Å². The van der Waals surface area contributed by atoms with Crippen LogP contribution < -0.4 is 0 Å². The monoisotopic (exact) mass is 294 g/mol. The Kier molecular flexibility index (Phi) is 3.75. The quantitative estimate of drug-likeness (QED) is 0.862. The predicted octanol–water partition coefficient (Wildman–Crippen LogP) is 3.80. The molecule has 0 atom stereocenters. The van der Waals surface area contributed by atoms with Gasteiger partial charge in [0.1, 0.15) is 5.82 Å². The fraction of sp³-hybridized carbons (Fsp3) is 0.417. The fourth-order valence-corrected chi connectivity index (χ4v) is 3.27.